The van der Waals surface area contributed by atoms with E-state index < -0.39 is 70.1 Å². The number of ether oxygens (including phenoxy) is 1. The molecule has 1 amide bonds. The average molecular weight is 526 g/mol. The molecule has 4 rings (SSSR count). The highest BCUT2D eigenvalue weighted by atomic mass is 16.5. The molecule has 0 spiro atoms. The molecule has 0 aliphatic heterocycles. The van der Waals surface area contributed by atoms with Gasteiger partial charge in [0.15, 0.2) is 34.7 Å². The van der Waals surface area contributed by atoms with Crippen LogP contribution >= 0.6 is 0 Å². The number of anilines is 1. The molecule has 0 bridgehead atoms. The highest BCUT2D eigenvalue weighted by Crippen LogP contribution is 2.52. The summed E-state index contributed by atoms with van der Waals surface area (Å²) in [5.74, 6) is -5.33. The number of methoxy groups -OCH3 is 1. The number of hydrogen-bond donors (Lipinski definition) is 3. The van der Waals surface area contributed by atoms with E-state index in [2.05, 4.69) is 11.8 Å². The van der Waals surface area contributed by atoms with E-state index in [1.54, 1.807) is 39.2 Å². The molecule has 11 nitrogen and oxygen atoms in total. The lowest BCUT2D eigenvalue weighted by Crippen LogP contribution is -2.74. The minimum absolute atomic E-state index is 0.00702. The maximum atomic E-state index is 13.9. The number of likely N-dealkylation sites (N-methyl/N-ethyl adjacent to an activating group) is 1. The van der Waals surface area contributed by atoms with Crippen LogP contribution in [0.1, 0.15) is 27.9 Å². The largest absolute Gasteiger partial charge is 0.506 e. The molecule has 0 saturated heterocycles. The van der Waals surface area contributed by atoms with Gasteiger partial charge in [-0.1, -0.05) is 11.8 Å². The predicted octanol–water partition coefficient (Wildman–Crippen LogP) is -1.07. The SMILES string of the molecule is COCC#Cc1cc(N(C)C)c2c(c1O)C(=O)C1C(=O)[C@]3(O)C(=O)C(C(N)=O)C(=O)[C@H](N(C)C)[C@@H]3C[C@@H]1C2. The smallest absolute Gasteiger partial charge is 0.235 e. The third-order valence-corrected chi connectivity index (χ3v) is 7.96. The molecule has 202 valence electrons. The number of nitrogens with two attached hydrogens (primary N) is 1. The Balaban J connectivity index is 1.90. The summed E-state index contributed by atoms with van der Waals surface area (Å²) in [6.45, 7) is 0.0915. The number of rotatable bonds is 4. The van der Waals surface area contributed by atoms with E-state index in [1.165, 1.54) is 12.0 Å². The first kappa shape index (κ1) is 27.4. The van der Waals surface area contributed by atoms with Gasteiger partial charge in [0.2, 0.25) is 5.91 Å². The van der Waals surface area contributed by atoms with Crippen LogP contribution in [0.25, 0.3) is 0 Å². The monoisotopic (exact) mass is 525 g/mol. The van der Waals surface area contributed by atoms with Crippen molar-refractivity contribution in [3.8, 4) is 17.6 Å². The van der Waals surface area contributed by atoms with Crippen LogP contribution in [-0.2, 0) is 30.3 Å². The molecular weight excluding hydrogens is 494 g/mol. The molecule has 2 saturated carbocycles. The summed E-state index contributed by atoms with van der Waals surface area (Å²) in [5.41, 5.74) is 3.79. The second-order valence-electron chi connectivity index (χ2n) is 10.6. The zero-order valence-electron chi connectivity index (χ0n) is 21.9. The Morgan fingerprint density at radius 1 is 1.18 bits per heavy atom. The standard InChI is InChI=1S/C27H31N3O8/c1-29(2)16-11-12(7-6-8-38-5)21(31)18-14(16)9-13-10-15-20(30(3)4)23(33)19(26(28)36)25(35)27(15,37)24(34)17(13)22(18)32/h11,13,15,17,19-20,31,37H,8-10H2,1-5H3,(H2,28,36)/t13-,15-,17?,19?,20+,27-/m0/s1. The minimum Gasteiger partial charge on any atom is -0.506 e. The molecular formula is C27H31N3O8. The highest BCUT2D eigenvalue weighted by Gasteiger charge is 2.69. The fourth-order valence-electron chi connectivity index (χ4n) is 6.35. The van der Waals surface area contributed by atoms with Gasteiger partial charge in [0.25, 0.3) is 0 Å². The van der Waals surface area contributed by atoms with Crippen LogP contribution in [0.4, 0.5) is 5.69 Å². The summed E-state index contributed by atoms with van der Waals surface area (Å²) < 4.78 is 4.93. The Labute approximate surface area is 219 Å². The molecule has 0 heterocycles. The van der Waals surface area contributed by atoms with Crippen molar-refractivity contribution >= 4 is 34.7 Å². The van der Waals surface area contributed by atoms with E-state index in [-0.39, 0.29) is 30.6 Å². The number of nitrogens with zero attached hydrogens (tertiary/aromatic N) is 2. The second kappa shape index (κ2) is 9.62. The number of phenols is 1. The number of aliphatic hydroxyl groups is 1. The number of ketones is 4. The average Bonchev–Trinajstić information content (AvgIpc) is 2.82. The number of carbonyl (C=O) groups is 5. The fraction of sp³-hybridized carbons (Fsp3) is 0.519. The Hall–Kier alpha value is -3.59. The molecule has 0 aromatic heterocycles. The van der Waals surface area contributed by atoms with Crippen LogP contribution in [0.2, 0.25) is 0 Å². The molecule has 0 radical (unpaired) electrons. The van der Waals surface area contributed by atoms with Crippen LogP contribution in [-0.4, -0.2) is 97.7 Å². The van der Waals surface area contributed by atoms with Crippen molar-refractivity contribution in [3.63, 3.8) is 0 Å². The molecule has 38 heavy (non-hydrogen) atoms. The van der Waals surface area contributed by atoms with Crippen molar-refractivity contribution in [2.75, 3.05) is 46.8 Å². The summed E-state index contributed by atoms with van der Waals surface area (Å²) in [6.07, 6.45) is 0.172. The zero-order chi connectivity index (χ0) is 28.3. The van der Waals surface area contributed by atoms with Gasteiger partial charge in [-0.3, -0.25) is 28.9 Å². The van der Waals surface area contributed by atoms with E-state index in [0.29, 0.717) is 11.3 Å². The quantitative estimate of drug-likeness (QED) is 0.325. The van der Waals surface area contributed by atoms with E-state index in [4.69, 9.17) is 10.5 Å². The first-order chi connectivity index (χ1) is 17.8. The summed E-state index contributed by atoms with van der Waals surface area (Å²) >= 11 is 0. The summed E-state index contributed by atoms with van der Waals surface area (Å²) in [7, 11) is 8.09. The summed E-state index contributed by atoms with van der Waals surface area (Å²) in [4.78, 5) is 69.6. The normalized spacial score (nSPS) is 30.2. The molecule has 2 fully saturated rings. The van der Waals surface area contributed by atoms with E-state index in [1.807, 2.05) is 0 Å². The lowest BCUT2D eigenvalue weighted by Gasteiger charge is -2.52. The van der Waals surface area contributed by atoms with Gasteiger partial charge in [-0.25, -0.2) is 0 Å². The predicted molar refractivity (Wildman–Crippen MR) is 134 cm³/mol. The minimum atomic E-state index is -2.76. The Kier molecular flexibility index (Phi) is 6.95. The topological polar surface area (TPSA) is 168 Å². The van der Waals surface area contributed by atoms with Crippen molar-refractivity contribution < 1.29 is 38.9 Å². The maximum absolute atomic E-state index is 13.9. The van der Waals surface area contributed by atoms with Gasteiger partial charge in [0.1, 0.15) is 12.4 Å². The number of phenolic OH excluding ortho intramolecular Hbond substituents is 1. The number of aromatic hydroxyl groups is 1. The lowest BCUT2D eigenvalue weighted by atomic mass is 9.52. The first-order valence-corrected chi connectivity index (χ1v) is 12.2. The molecule has 2 unspecified atom stereocenters. The Morgan fingerprint density at radius 2 is 1.84 bits per heavy atom. The van der Waals surface area contributed by atoms with Crippen LogP contribution in [0.5, 0.6) is 5.75 Å². The van der Waals surface area contributed by atoms with Crippen LogP contribution in [0, 0.1) is 35.5 Å². The number of fused-ring (bicyclic) bond motifs is 3. The number of carbonyl (C=O) groups excluding carboxylic acids is 5. The van der Waals surface area contributed by atoms with Crippen LogP contribution < -0.4 is 10.6 Å². The van der Waals surface area contributed by atoms with Crippen molar-refractivity contribution in [1.82, 2.24) is 4.90 Å². The highest BCUT2D eigenvalue weighted by molar-refractivity contribution is 6.32. The molecule has 3 aliphatic carbocycles. The van der Waals surface area contributed by atoms with E-state index in [9.17, 15) is 34.2 Å². The van der Waals surface area contributed by atoms with Gasteiger partial charge in [-0.15, -0.1) is 0 Å². The molecule has 11 heteroatoms. The fourth-order valence-corrected chi connectivity index (χ4v) is 6.35. The van der Waals surface area contributed by atoms with Gasteiger partial charge in [-0.05, 0) is 44.5 Å². The van der Waals surface area contributed by atoms with Crippen LogP contribution in [0.15, 0.2) is 6.07 Å². The zero-order valence-corrected chi connectivity index (χ0v) is 21.9. The van der Waals surface area contributed by atoms with Gasteiger partial charge < -0.3 is 25.6 Å². The number of Topliss-reactive ketones (excluding diaryl/α,β-unsaturated/α-hetero) is 4. The maximum Gasteiger partial charge on any atom is 0.235 e. The van der Waals surface area contributed by atoms with Crippen molar-refractivity contribution in [2.45, 2.75) is 24.5 Å². The van der Waals surface area contributed by atoms with Crippen molar-refractivity contribution in [3.05, 3.63) is 22.8 Å². The summed E-state index contributed by atoms with van der Waals surface area (Å²) in [6, 6.07) is 0.510. The van der Waals surface area contributed by atoms with Gasteiger partial charge in [0.05, 0.1) is 23.1 Å². The van der Waals surface area contributed by atoms with Crippen molar-refractivity contribution in [2.24, 2.45) is 29.4 Å². The number of primary amides is 1. The van der Waals surface area contributed by atoms with E-state index in [0.717, 1.165) is 0 Å². The van der Waals surface area contributed by atoms with Crippen LogP contribution in [0.3, 0.4) is 0 Å². The second-order valence-corrected chi connectivity index (χ2v) is 10.6. The molecule has 1 aromatic rings. The van der Waals surface area contributed by atoms with Gasteiger partial charge in [-0.2, -0.15) is 0 Å². The molecule has 3 aliphatic rings. The van der Waals surface area contributed by atoms with Gasteiger partial charge >= 0.3 is 0 Å². The van der Waals surface area contributed by atoms with E-state index >= 15 is 0 Å². The van der Waals surface area contributed by atoms with Gasteiger partial charge in [0, 0.05) is 32.8 Å². The van der Waals surface area contributed by atoms with Crippen molar-refractivity contribution in [1.29, 1.82) is 0 Å². The lowest BCUT2D eigenvalue weighted by molar-refractivity contribution is -0.181. The first-order valence-electron chi connectivity index (χ1n) is 12.2. The molecule has 4 N–H and O–H groups in total. The number of hydrogen-bond acceptors (Lipinski definition) is 10. The number of amides is 1. The third-order valence-electron chi connectivity index (χ3n) is 7.96. The Bertz CT molecular complexity index is 1320. The third kappa shape index (κ3) is 3.83. The Morgan fingerprint density at radius 3 is 2.39 bits per heavy atom. The molecule has 1 aromatic carbocycles. The summed E-state index contributed by atoms with van der Waals surface area (Å²) in [5, 5.41) is 22.7. The number of benzene rings is 1. The molecule has 6 atom stereocenters.